The third kappa shape index (κ3) is 2.10. The maximum absolute atomic E-state index is 9.65. The Balaban J connectivity index is 2.88. The number of ether oxygens (including phenoxy) is 1. The summed E-state index contributed by atoms with van der Waals surface area (Å²) >= 11 is 0. The van der Waals surface area contributed by atoms with E-state index in [1.165, 1.54) is 0 Å². The Kier molecular flexibility index (Phi) is 3.62. The number of hydrogen-bond donors (Lipinski definition) is 5. The first-order chi connectivity index (χ1) is 6.96. The van der Waals surface area contributed by atoms with Crippen molar-refractivity contribution in [1.29, 1.82) is 5.26 Å². The topological polar surface area (TPSA) is 134 Å². The number of hydrogen-bond acceptors (Lipinski definition) is 7. The van der Waals surface area contributed by atoms with E-state index in [9.17, 15) is 20.4 Å². The van der Waals surface area contributed by atoms with Gasteiger partial charge in [0.05, 0.1) is 19.1 Å². The summed E-state index contributed by atoms with van der Waals surface area (Å²) < 4.78 is 4.78. The fourth-order valence-electron chi connectivity index (χ4n) is 1.48. The van der Waals surface area contributed by atoms with Gasteiger partial charge >= 0.3 is 0 Å². The number of aliphatic hydroxyl groups excluding tert-OH is 4. The summed E-state index contributed by atoms with van der Waals surface area (Å²) in [6.45, 7) is -0.640. The lowest BCUT2D eigenvalue weighted by atomic mass is 9.91. The lowest BCUT2D eigenvalue weighted by Gasteiger charge is -2.44. The van der Waals surface area contributed by atoms with E-state index in [0.29, 0.717) is 0 Å². The molecule has 0 amide bonds. The van der Waals surface area contributed by atoms with Gasteiger partial charge in [-0.3, -0.25) is 0 Å². The van der Waals surface area contributed by atoms with Crippen LogP contribution in [0.25, 0.3) is 0 Å². The summed E-state index contributed by atoms with van der Waals surface area (Å²) in [6.07, 6.45) is -6.79. The Morgan fingerprint density at radius 3 is 2.33 bits per heavy atom. The van der Waals surface area contributed by atoms with E-state index in [-0.39, 0.29) is 0 Å². The zero-order valence-corrected chi connectivity index (χ0v) is 7.82. The highest BCUT2D eigenvalue weighted by Gasteiger charge is 2.52. The lowest BCUT2D eigenvalue weighted by molar-refractivity contribution is -0.346. The molecule has 0 bridgehead atoms. The Labute approximate surface area is 85.8 Å². The summed E-state index contributed by atoms with van der Waals surface area (Å²) in [5.74, 6) is -2.26. The molecule has 1 heterocycles. The van der Waals surface area contributed by atoms with Crippen molar-refractivity contribution in [3.05, 3.63) is 0 Å². The minimum Gasteiger partial charge on any atom is -0.394 e. The molecule has 7 heteroatoms. The van der Waals surface area contributed by atoms with Crippen LogP contribution in [0.2, 0.25) is 0 Å². The first-order valence-electron chi connectivity index (χ1n) is 4.38. The molecule has 0 saturated carbocycles. The summed E-state index contributed by atoms with van der Waals surface area (Å²) in [5.41, 5.74) is 0. The highest BCUT2D eigenvalue weighted by molar-refractivity contribution is 4.99. The molecule has 1 fully saturated rings. The summed E-state index contributed by atoms with van der Waals surface area (Å²) in [6, 6.07) is 1.58. The van der Waals surface area contributed by atoms with Crippen molar-refractivity contribution in [2.75, 3.05) is 6.61 Å². The summed E-state index contributed by atoms with van der Waals surface area (Å²) in [4.78, 5) is 0. The first-order valence-corrected chi connectivity index (χ1v) is 4.38. The van der Waals surface area contributed by atoms with Crippen LogP contribution in [0.5, 0.6) is 0 Å². The van der Waals surface area contributed by atoms with E-state index in [1.807, 2.05) is 0 Å². The molecule has 1 rings (SSSR count). The molecule has 0 radical (unpaired) electrons. The van der Waals surface area contributed by atoms with Gasteiger partial charge in [-0.25, -0.2) is 0 Å². The molecule has 0 spiro atoms. The van der Waals surface area contributed by atoms with Crippen LogP contribution in [0.15, 0.2) is 0 Å². The molecule has 0 aromatic heterocycles. The zero-order valence-electron chi connectivity index (χ0n) is 7.82. The average Bonchev–Trinajstić information content (AvgIpc) is 2.21. The second-order valence-corrected chi connectivity index (χ2v) is 3.44. The van der Waals surface area contributed by atoms with Crippen molar-refractivity contribution in [2.24, 2.45) is 0 Å². The molecule has 1 aliphatic heterocycles. The van der Waals surface area contributed by atoms with Crippen LogP contribution >= 0.6 is 0 Å². The van der Waals surface area contributed by atoms with Crippen molar-refractivity contribution >= 4 is 0 Å². The maximum Gasteiger partial charge on any atom is 0.208 e. The monoisotopic (exact) mass is 219 g/mol. The molecule has 7 nitrogen and oxygen atoms in total. The van der Waals surface area contributed by atoms with E-state index in [4.69, 9.17) is 15.1 Å². The van der Waals surface area contributed by atoms with Gasteiger partial charge in [0.1, 0.15) is 24.4 Å². The molecular formula is C8H13NO6. The predicted octanol–water partition coefficient (Wildman–Crippen LogP) is -2.94. The van der Waals surface area contributed by atoms with Gasteiger partial charge in [-0.2, -0.15) is 5.26 Å². The fraction of sp³-hybridized carbons (Fsp3) is 0.875. The van der Waals surface area contributed by atoms with Crippen LogP contribution < -0.4 is 0 Å². The van der Waals surface area contributed by atoms with E-state index >= 15 is 0 Å². The SMILES string of the molecule is N#CCC1(O)OC(CO)C(O)C(O)C1O. The number of nitrogens with zero attached hydrogens (tertiary/aromatic N) is 1. The third-order valence-corrected chi connectivity index (χ3v) is 2.38. The van der Waals surface area contributed by atoms with Gasteiger partial charge < -0.3 is 30.3 Å². The van der Waals surface area contributed by atoms with Crippen molar-refractivity contribution in [2.45, 2.75) is 36.6 Å². The van der Waals surface area contributed by atoms with Gasteiger partial charge in [0, 0.05) is 0 Å². The molecule has 0 aromatic rings. The van der Waals surface area contributed by atoms with E-state index in [1.54, 1.807) is 6.07 Å². The molecule has 5 atom stereocenters. The summed E-state index contributed by atoms with van der Waals surface area (Å²) in [7, 11) is 0. The number of aliphatic hydroxyl groups is 5. The van der Waals surface area contributed by atoms with Crippen LogP contribution in [0.3, 0.4) is 0 Å². The Morgan fingerprint density at radius 2 is 1.87 bits per heavy atom. The van der Waals surface area contributed by atoms with Crippen LogP contribution in [-0.2, 0) is 4.74 Å². The second kappa shape index (κ2) is 4.40. The van der Waals surface area contributed by atoms with Gasteiger partial charge in [0.25, 0.3) is 0 Å². The number of rotatable bonds is 2. The smallest absolute Gasteiger partial charge is 0.208 e. The Hall–Kier alpha value is -0.750. The van der Waals surface area contributed by atoms with Gasteiger partial charge in [-0.05, 0) is 0 Å². The van der Waals surface area contributed by atoms with Crippen molar-refractivity contribution < 1.29 is 30.3 Å². The molecular weight excluding hydrogens is 206 g/mol. The van der Waals surface area contributed by atoms with Crippen molar-refractivity contribution in [3.8, 4) is 6.07 Å². The number of nitriles is 1. The molecule has 5 N–H and O–H groups in total. The third-order valence-electron chi connectivity index (χ3n) is 2.38. The molecule has 0 aliphatic carbocycles. The predicted molar refractivity (Wildman–Crippen MR) is 45.2 cm³/mol. The molecule has 86 valence electrons. The van der Waals surface area contributed by atoms with Gasteiger partial charge in [-0.1, -0.05) is 0 Å². The van der Waals surface area contributed by atoms with Crippen LogP contribution in [0.4, 0.5) is 0 Å². The minimum absolute atomic E-state index is 0.575. The fourth-order valence-corrected chi connectivity index (χ4v) is 1.48. The quantitative estimate of drug-likeness (QED) is 0.335. The largest absolute Gasteiger partial charge is 0.394 e. The van der Waals surface area contributed by atoms with Crippen LogP contribution in [0.1, 0.15) is 6.42 Å². The minimum atomic E-state index is -2.26. The first kappa shape index (κ1) is 12.3. The standard InChI is InChI=1S/C8H13NO6/c9-2-1-8(14)7(13)6(12)5(11)4(3-10)15-8/h4-7,10-14H,1,3H2. The van der Waals surface area contributed by atoms with Gasteiger partial charge in [0.15, 0.2) is 0 Å². The molecule has 0 aromatic carbocycles. The van der Waals surface area contributed by atoms with Crippen molar-refractivity contribution in [1.82, 2.24) is 0 Å². The Bertz CT molecular complexity index is 264. The normalized spacial score (nSPS) is 46.1. The maximum atomic E-state index is 9.65. The average molecular weight is 219 g/mol. The van der Waals surface area contributed by atoms with E-state index in [0.717, 1.165) is 0 Å². The molecule has 1 saturated heterocycles. The molecule has 15 heavy (non-hydrogen) atoms. The molecule has 5 unspecified atom stereocenters. The summed E-state index contributed by atoms with van der Waals surface area (Å²) in [5, 5.41) is 54.9. The molecule has 1 aliphatic rings. The van der Waals surface area contributed by atoms with Gasteiger partial charge in [0.2, 0.25) is 5.79 Å². The lowest BCUT2D eigenvalue weighted by Crippen LogP contribution is -2.65. The van der Waals surface area contributed by atoms with Gasteiger partial charge in [-0.15, -0.1) is 0 Å². The van der Waals surface area contributed by atoms with Crippen LogP contribution in [-0.4, -0.2) is 62.3 Å². The Morgan fingerprint density at radius 1 is 1.27 bits per heavy atom. The highest BCUT2D eigenvalue weighted by Crippen LogP contribution is 2.30. The van der Waals surface area contributed by atoms with Crippen molar-refractivity contribution in [3.63, 3.8) is 0 Å². The van der Waals surface area contributed by atoms with E-state index < -0.39 is 43.2 Å². The van der Waals surface area contributed by atoms with E-state index in [2.05, 4.69) is 0 Å². The second-order valence-electron chi connectivity index (χ2n) is 3.44. The van der Waals surface area contributed by atoms with Crippen LogP contribution in [0, 0.1) is 11.3 Å². The zero-order chi connectivity index (χ0) is 11.6. The highest BCUT2D eigenvalue weighted by atomic mass is 16.7.